The number of nitrogens with zero attached hydrogens (tertiary/aromatic N) is 1. The number of hydrogen-bond acceptors (Lipinski definition) is 5. The first kappa shape index (κ1) is 12.7. The van der Waals surface area contributed by atoms with Gasteiger partial charge in [-0.15, -0.1) is 0 Å². The zero-order chi connectivity index (χ0) is 14.0. The van der Waals surface area contributed by atoms with Crippen molar-refractivity contribution in [3.8, 4) is 11.3 Å². The molecule has 0 amide bonds. The molecule has 2 rings (SSSR count). The minimum absolute atomic E-state index is 0.0480. The molecule has 0 spiro atoms. The van der Waals surface area contributed by atoms with E-state index in [0.29, 0.717) is 0 Å². The normalized spacial score (nSPS) is 10.2. The molecule has 0 saturated heterocycles. The highest BCUT2D eigenvalue weighted by molar-refractivity contribution is 6.00. The summed E-state index contributed by atoms with van der Waals surface area (Å²) in [5.41, 5.74) is -0.453. The molecular weight excluding hydrogens is 257 g/mol. The first-order valence-electron chi connectivity index (χ1n) is 5.09. The number of aromatic nitrogens is 1. The maximum atomic E-state index is 13.1. The van der Waals surface area contributed by atoms with Crippen LogP contribution in [-0.4, -0.2) is 29.1 Å². The van der Waals surface area contributed by atoms with Gasteiger partial charge in [-0.25, -0.2) is 19.0 Å². The minimum atomic E-state index is -1.35. The summed E-state index contributed by atoms with van der Waals surface area (Å²) in [5.74, 6) is -2.91. The third kappa shape index (κ3) is 2.30. The highest BCUT2D eigenvalue weighted by Crippen LogP contribution is 2.28. The van der Waals surface area contributed by atoms with Crippen LogP contribution in [0.5, 0.6) is 0 Å². The van der Waals surface area contributed by atoms with E-state index in [1.54, 1.807) is 0 Å². The Kier molecular flexibility index (Phi) is 3.28. The highest BCUT2D eigenvalue weighted by Gasteiger charge is 2.23. The van der Waals surface area contributed by atoms with Crippen molar-refractivity contribution in [2.24, 2.45) is 0 Å². The molecule has 0 aliphatic heterocycles. The smallest absolute Gasteiger partial charge is 0.360 e. The van der Waals surface area contributed by atoms with Crippen molar-refractivity contribution < 1.29 is 28.2 Å². The average Bonchev–Trinajstić information content (AvgIpc) is 2.86. The molecule has 98 valence electrons. The number of methoxy groups -OCH3 is 1. The number of oxazole rings is 1. The largest absolute Gasteiger partial charge is 0.478 e. The summed E-state index contributed by atoms with van der Waals surface area (Å²) in [6.07, 6.45) is 0.983. The van der Waals surface area contributed by atoms with E-state index >= 15 is 0 Å². The topological polar surface area (TPSA) is 89.6 Å². The monoisotopic (exact) mass is 265 g/mol. The van der Waals surface area contributed by atoms with Crippen molar-refractivity contribution >= 4 is 11.9 Å². The lowest BCUT2D eigenvalue weighted by atomic mass is 10.0. The van der Waals surface area contributed by atoms with E-state index in [9.17, 15) is 14.0 Å². The van der Waals surface area contributed by atoms with Crippen LogP contribution < -0.4 is 0 Å². The van der Waals surface area contributed by atoms with Crippen molar-refractivity contribution in [2.45, 2.75) is 0 Å². The molecule has 0 radical (unpaired) electrons. The fraction of sp³-hybridized carbons (Fsp3) is 0.0833. The fourth-order valence-electron chi connectivity index (χ4n) is 1.57. The predicted molar refractivity (Wildman–Crippen MR) is 60.2 cm³/mol. The summed E-state index contributed by atoms with van der Waals surface area (Å²) in [6.45, 7) is 0. The van der Waals surface area contributed by atoms with Gasteiger partial charge in [0.25, 0.3) is 0 Å². The lowest BCUT2D eigenvalue weighted by Crippen LogP contribution is -2.06. The van der Waals surface area contributed by atoms with Gasteiger partial charge in [-0.05, 0) is 18.2 Å². The third-order valence-electron chi connectivity index (χ3n) is 2.40. The molecule has 6 nitrogen and oxygen atoms in total. The van der Waals surface area contributed by atoms with Gasteiger partial charge in [0.1, 0.15) is 5.82 Å². The molecule has 0 fully saturated rings. The zero-order valence-electron chi connectivity index (χ0n) is 9.71. The number of aromatic carboxylic acids is 1. The summed E-state index contributed by atoms with van der Waals surface area (Å²) in [5, 5.41) is 9.03. The van der Waals surface area contributed by atoms with Gasteiger partial charge < -0.3 is 14.3 Å². The first-order valence-corrected chi connectivity index (χ1v) is 5.09. The number of halogens is 1. The van der Waals surface area contributed by atoms with Crippen molar-refractivity contribution in [3.05, 3.63) is 41.7 Å². The average molecular weight is 265 g/mol. The number of carboxylic acids is 1. The van der Waals surface area contributed by atoms with Crippen molar-refractivity contribution in [1.82, 2.24) is 4.98 Å². The van der Waals surface area contributed by atoms with Crippen LogP contribution in [0.2, 0.25) is 0 Å². The quantitative estimate of drug-likeness (QED) is 0.853. The lowest BCUT2D eigenvalue weighted by molar-refractivity contribution is 0.0593. The highest BCUT2D eigenvalue weighted by atomic mass is 19.1. The Labute approximate surface area is 106 Å². The van der Waals surface area contributed by atoms with E-state index in [4.69, 9.17) is 9.52 Å². The SMILES string of the molecule is COC(=O)c1ncoc1-c1ccc(F)cc1C(=O)O. The van der Waals surface area contributed by atoms with E-state index in [-0.39, 0.29) is 22.6 Å². The maximum absolute atomic E-state index is 13.1. The number of carbonyl (C=O) groups excluding carboxylic acids is 1. The van der Waals surface area contributed by atoms with E-state index < -0.39 is 17.8 Å². The van der Waals surface area contributed by atoms with Gasteiger partial charge in [0.2, 0.25) is 0 Å². The number of esters is 1. The molecular formula is C12H8FNO5. The number of hydrogen-bond donors (Lipinski definition) is 1. The van der Waals surface area contributed by atoms with Crippen LogP contribution in [0.3, 0.4) is 0 Å². The minimum Gasteiger partial charge on any atom is -0.478 e. The van der Waals surface area contributed by atoms with Crippen LogP contribution in [-0.2, 0) is 4.74 Å². The van der Waals surface area contributed by atoms with E-state index in [1.807, 2.05) is 0 Å². The second-order valence-corrected chi connectivity index (χ2v) is 3.52. The van der Waals surface area contributed by atoms with E-state index in [0.717, 1.165) is 25.6 Å². The molecule has 1 aromatic carbocycles. The van der Waals surface area contributed by atoms with Crippen molar-refractivity contribution in [2.75, 3.05) is 7.11 Å². The molecule has 0 saturated carbocycles. The van der Waals surface area contributed by atoms with Crippen LogP contribution in [0.25, 0.3) is 11.3 Å². The van der Waals surface area contributed by atoms with Gasteiger partial charge in [0.05, 0.1) is 12.7 Å². The van der Waals surface area contributed by atoms with Crippen LogP contribution in [0.1, 0.15) is 20.8 Å². The van der Waals surface area contributed by atoms with Gasteiger partial charge in [-0.3, -0.25) is 0 Å². The van der Waals surface area contributed by atoms with Crippen molar-refractivity contribution in [3.63, 3.8) is 0 Å². The van der Waals surface area contributed by atoms with Crippen LogP contribution in [0, 0.1) is 5.82 Å². The van der Waals surface area contributed by atoms with E-state index in [1.165, 1.54) is 6.07 Å². The Morgan fingerprint density at radius 1 is 1.42 bits per heavy atom. The number of ether oxygens (including phenoxy) is 1. The molecule has 0 aliphatic rings. The second kappa shape index (κ2) is 4.89. The summed E-state index contributed by atoms with van der Waals surface area (Å²) in [6, 6.07) is 3.10. The Morgan fingerprint density at radius 2 is 2.16 bits per heavy atom. The number of carboxylic acid groups (broad SMARTS) is 1. The van der Waals surface area contributed by atoms with Gasteiger partial charge in [-0.2, -0.15) is 0 Å². The molecule has 0 aliphatic carbocycles. The molecule has 0 unspecified atom stereocenters. The fourth-order valence-corrected chi connectivity index (χ4v) is 1.57. The van der Waals surface area contributed by atoms with Crippen LogP contribution in [0.4, 0.5) is 4.39 Å². The Balaban J connectivity index is 2.63. The van der Waals surface area contributed by atoms with Crippen LogP contribution in [0.15, 0.2) is 29.0 Å². The lowest BCUT2D eigenvalue weighted by Gasteiger charge is -2.04. The second-order valence-electron chi connectivity index (χ2n) is 3.52. The molecule has 0 atom stereocenters. The molecule has 0 bridgehead atoms. The molecule has 19 heavy (non-hydrogen) atoms. The zero-order valence-corrected chi connectivity index (χ0v) is 9.71. The summed E-state index contributed by atoms with van der Waals surface area (Å²) in [7, 11) is 1.16. The summed E-state index contributed by atoms with van der Waals surface area (Å²) >= 11 is 0. The molecule has 7 heteroatoms. The summed E-state index contributed by atoms with van der Waals surface area (Å²) < 4.78 is 22.6. The Morgan fingerprint density at radius 3 is 2.79 bits per heavy atom. The molecule has 1 aromatic heterocycles. The van der Waals surface area contributed by atoms with Crippen molar-refractivity contribution in [1.29, 1.82) is 0 Å². The number of rotatable bonds is 3. The standard InChI is InChI=1S/C12H8FNO5/c1-18-12(17)9-10(19-5-14-9)7-3-2-6(13)4-8(7)11(15)16/h2-5H,1H3,(H,15,16). The molecule has 1 N–H and O–H groups in total. The van der Waals surface area contributed by atoms with Gasteiger partial charge in [0.15, 0.2) is 17.8 Å². The van der Waals surface area contributed by atoms with Gasteiger partial charge >= 0.3 is 11.9 Å². The summed E-state index contributed by atoms with van der Waals surface area (Å²) in [4.78, 5) is 26.2. The third-order valence-corrected chi connectivity index (χ3v) is 2.40. The van der Waals surface area contributed by atoms with Crippen LogP contribution >= 0.6 is 0 Å². The molecule has 1 heterocycles. The predicted octanol–water partition coefficient (Wildman–Crippen LogP) is 1.97. The number of carbonyl (C=O) groups is 2. The number of benzene rings is 1. The van der Waals surface area contributed by atoms with Gasteiger partial charge in [0, 0.05) is 5.56 Å². The maximum Gasteiger partial charge on any atom is 0.360 e. The first-order chi connectivity index (χ1) is 9.04. The molecule has 2 aromatic rings. The van der Waals surface area contributed by atoms with E-state index in [2.05, 4.69) is 9.72 Å². The van der Waals surface area contributed by atoms with Gasteiger partial charge in [-0.1, -0.05) is 0 Å². The Hall–Kier alpha value is -2.70. The Bertz CT molecular complexity index is 649.